The van der Waals surface area contributed by atoms with Gasteiger partial charge in [-0.2, -0.15) is 5.26 Å². The first-order chi connectivity index (χ1) is 17.5. The number of ether oxygens (including phenoxy) is 1. The molecule has 10 heteroatoms. The third-order valence-corrected chi connectivity index (χ3v) is 6.41. The van der Waals surface area contributed by atoms with Gasteiger partial charge in [0.1, 0.15) is 18.5 Å². The molecule has 186 valence electrons. The Morgan fingerprint density at radius 1 is 1.14 bits per heavy atom. The van der Waals surface area contributed by atoms with Crippen LogP contribution in [0.25, 0.3) is 11.3 Å². The molecule has 1 fully saturated rings. The fourth-order valence-corrected chi connectivity index (χ4v) is 4.58. The van der Waals surface area contributed by atoms with Gasteiger partial charge >= 0.3 is 0 Å². The summed E-state index contributed by atoms with van der Waals surface area (Å²) in [4.78, 5) is 17.8. The lowest BCUT2D eigenvalue weighted by molar-refractivity contribution is 0.287. The standard InChI is InChI=1S/C26H29FN8O/c1-17(2)35-10-11-36-25-21(27)12-18(13-22(25)35)24-19(14-28)15-31-26(33-24)32-23-5-4-20(16-30-23)34-8-3-6-29-7-9-34/h4-5,12-13,15-17,29H,3,6-11H2,1-2H3,(H,30,31,32,33). The minimum Gasteiger partial charge on any atom is -0.486 e. The Balaban J connectivity index is 1.43. The van der Waals surface area contributed by atoms with E-state index in [1.165, 1.54) is 12.3 Å². The largest absolute Gasteiger partial charge is 0.486 e. The van der Waals surface area contributed by atoms with Crippen molar-refractivity contribution in [2.75, 3.05) is 54.4 Å². The van der Waals surface area contributed by atoms with Crippen LogP contribution in [-0.2, 0) is 0 Å². The topological polar surface area (TPSA) is 102 Å². The van der Waals surface area contributed by atoms with Crippen LogP contribution in [0.15, 0.2) is 36.7 Å². The molecular formula is C26H29FN8O. The van der Waals surface area contributed by atoms with Crippen molar-refractivity contribution in [3.8, 4) is 23.1 Å². The number of rotatable bonds is 5. The maximum atomic E-state index is 15.0. The third-order valence-electron chi connectivity index (χ3n) is 6.41. The molecule has 0 bridgehead atoms. The lowest BCUT2D eigenvalue weighted by atomic mass is 10.0. The number of aromatic nitrogens is 3. The summed E-state index contributed by atoms with van der Waals surface area (Å²) in [7, 11) is 0. The summed E-state index contributed by atoms with van der Waals surface area (Å²) in [6.45, 7) is 9.08. The number of benzene rings is 1. The Labute approximate surface area is 209 Å². The molecule has 2 aliphatic rings. The molecule has 0 unspecified atom stereocenters. The summed E-state index contributed by atoms with van der Waals surface area (Å²) in [5.41, 5.74) is 2.81. The Morgan fingerprint density at radius 3 is 2.81 bits per heavy atom. The average Bonchev–Trinajstić information content (AvgIpc) is 3.18. The van der Waals surface area contributed by atoms with Crippen LogP contribution in [0.1, 0.15) is 25.8 Å². The van der Waals surface area contributed by atoms with Gasteiger partial charge < -0.3 is 25.2 Å². The molecule has 2 aromatic heterocycles. The minimum absolute atomic E-state index is 0.167. The van der Waals surface area contributed by atoms with Crippen LogP contribution in [0.4, 0.5) is 27.5 Å². The second kappa shape index (κ2) is 10.3. The van der Waals surface area contributed by atoms with Crippen molar-refractivity contribution in [3.63, 3.8) is 0 Å². The van der Waals surface area contributed by atoms with Gasteiger partial charge in [0.15, 0.2) is 11.6 Å². The number of hydrogen-bond donors (Lipinski definition) is 2. The molecule has 2 N–H and O–H groups in total. The minimum atomic E-state index is -0.481. The summed E-state index contributed by atoms with van der Waals surface area (Å²) >= 11 is 0. The van der Waals surface area contributed by atoms with Crippen LogP contribution in [0.2, 0.25) is 0 Å². The van der Waals surface area contributed by atoms with E-state index in [1.807, 2.05) is 24.4 Å². The summed E-state index contributed by atoms with van der Waals surface area (Å²) in [6.07, 6.45) is 4.36. The zero-order valence-corrected chi connectivity index (χ0v) is 20.5. The molecule has 36 heavy (non-hydrogen) atoms. The zero-order chi connectivity index (χ0) is 25.1. The molecule has 0 spiro atoms. The van der Waals surface area contributed by atoms with E-state index in [0.29, 0.717) is 35.9 Å². The second-order valence-electron chi connectivity index (χ2n) is 9.13. The van der Waals surface area contributed by atoms with Gasteiger partial charge in [0, 0.05) is 31.2 Å². The van der Waals surface area contributed by atoms with Crippen LogP contribution >= 0.6 is 0 Å². The van der Waals surface area contributed by atoms with E-state index >= 15 is 4.39 Å². The number of anilines is 4. The number of halogens is 1. The van der Waals surface area contributed by atoms with Crippen LogP contribution in [-0.4, -0.2) is 60.3 Å². The molecule has 0 saturated carbocycles. The number of nitrogens with one attached hydrogen (secondary N) is 2. The maximum absolute atomic E-state index is 15.0. The van der Waals surface area contributed by atoms with Gasteiger partial charge in [0.25, 0.3) is 0 Å². The van der Waals surface area contributed by atoms with Crippen molar-refractivity contribution in [2.45, 2.75) is 26.3 Å². The molecule has 4 heterocycles. The summed E-state index contributed by atoms with van der Waals surface area (Å²) in [5.74, 6) is 0.608. The van der Waals surface area contributed by atoms with Crippen LogP contribution in [0.3, 0.4) is 0 Å². The number of nitrogens with zero attached hydrogens (tertiary/aromatic N) is 6. The highest BCUT2D eigenvalue weighted by atomic mass is 19.1. The maximum Gasteiger partial charge on any atom is 0.228 e. The molecule has 0 atom stereocenters. The Hall–Kier alpha value is -3.97. The van der Waals surface area contributed by atoms with Gasteiger partial charge in [0.05, 0.1) is 41.6 Å². The molecule has 1 saturated heterocycles. The molecule has 5 rings (SSSR count). The smallest absolute Gasteiger partial charge is 0.228 e. The van der Waals surface area contributed by atoms with Gasteiger partial charge in [-0.25, -0.2) is 19.3 Å². The lowest BCUT2D eigenvalue weighted by Crippen LogP contribution is -2.38. The van der Waals surface area contributed by atoms with Crippen LogP contribution in [0.5, 0.6) is 5.75 Å². The van der Waals surface area contributed by atoms with E-state index in [2.05, 4.69) is 55.3 Å². The van der Waals surface area contributed by atoms with Crippen molar-refractivity contribution in [1.29, 1.82) is 5.26 Å². The van der Waals surface area contributed by atoms with Crippen LogP contribution in [0, 0.1) is 17.1 Å². The zero-order valence-electron chi connectivity index (χ0n) is 20.5. The van der Waals surface area contributed by atoms with Gasteiger partial charge in [-0.1, -0.05) is 0 Å². The molecule has 2 aliphatic heterocycles. The Kier molecular flexibility index (Phi) is 6.82. The second-order valence-corrected chi connectivity index (χ2v) is 9.13. The number of pyridine rings is 1. The summed E-state index contributed by atoms with van der Waals surface area (Å²) in [5, 5.41) is 16.2. The quantitative estimate of drug-likeness (QED) is 0.556. The van der Waals surface area contributed by atoms with E-state index in [1.54, 1.807) is 0 Å². The molecular weight excluding hydrogens is 459 g/mol. The number of fused-ring (bicyclic) bond motifs is 1. The monoisotopic (exact) mass is 488 g/mol. The number of nitriles is 1. The van der Waals surface area contributed by atoms with Crippen molar-refractivity contribution in [2.24, 2.45) is 0 Å². The van der Waals surface area contributed by atoms with E-state index < -0.39 is 5.82 Å². The van der Waals surface area contributed by atoms with E-state index in [0.717, 1.165) is 38.3 Å². The predicted octanol–water partition coefficient (Wildman–Crippen LogP) is 3.70. The van der Waals surface area contributed by atoms with E-state index in [-0.39, 0.29) is 23.3 Å². The highest BCUT2D eigenvalue weighted by molar-refractivity contribution is 5.75. The summed E-state index contributed by atoms with van der Waals surface area (Å²) in [6, 6.07) is 9.37. The molecule has 0 amide bonds. The van der Waals surface area contributed by atoms with Gasteiger partial charge in [-0.3, -0.25) is 0 Å². The fourth-order valence-electron chi connectivity index (χ4n) is 4.58. The third kappa shape index (κ3) is 4.88. The predicted molar refractivity (Wildman–Crippen MR) is 137 cm³/mol. The van der Waals surface area contributed by atoms with Crippen molar-refractivity contribution in [1.82, 2.24) is 20.3 Å². The van der Waals surface area contributed by atoms with E-state index in [4.69, 9.17) is 4.74 Å². The fraction of sp³-hybridized carbons (Fsp3) is 0.385. The van der Waals surface area contributed by atoms with Crippen molar-refractivity contribution in [3.05, 3.63) is 48.0 Å². The first kappa shape index (κ1) is 23.8. The van der Waals surface area contributed by atoms with Gasteiger partial charge in [-0.05, 0) is 51.1 Å². The SMILES string of the molecule is CC(C)N1CCOc2c(F)cc(-c3nc(Nc4ccc(N5CCCNCC5)cn4)ncc3C#N)cc21. The first-order valence-corrected chi connectivity index (χ1v) is 12.2. The number of hydrogen-bond acceptors (Lipinski definition) is 9. The normalized spacial score (nSPS) is 15.6. The average molecular weight is 489 g/mol. The Morgan fingerprint density at radius 2 is 2.03 bits per heavy atom. The lowest BCUT2D eigenvalue weighted by Gasteiger charge is -2.34. The molecule has 0 radical (unpaired) electrons. The first-order valence-electron chi connectivity index (χ1n) is 12.2. The Bertz CT molecular complexity index is 1270. The summed E-state index contributed by atoms with van der Waals surface area (Å²) < 4.78 is 20.6. The molecule has 3 aromatic rings. The van der Waals surface area contributed by atoms with Gasteiger partial charge in [-0.15, -0.1) is 0 Å². The highest BCUT2D eigenvalue weighted by Gasteiger charge is 2.25. The molecule has 0 aliphatic carbocycles. The van der Waals surface area contributed by atoms with Gasteiger partial charge in [0.2, 0.25) is 5.95 Å². The van der Waals surface area contributed by atoms with Crippen molar-refractivity contribution >= 4 is 23.1 Å². The van der Waals surface area contributed by atoms with Crippen LogP contribution < -0.4 is 25.2 Å². The molecule has 9 nitrogen and oxygen atoms in total. The highest BCUT2D eigenvalue weighted by Crippen LogP contribution is 2.39. The molecule has 1 aromatic carbocycles. The van der Waals surface area contributed by atoms with Crippen molar-refractivity contribution < 1.29 is 9.13 Å². The van der Waals surface area contributed by atoms with E-state index in [9.17, 15) is 5.26 Å².